The van der Waals surface area contributed by atoms with Gasteiger partial charge >= 0.3 is 11.9 Å². The van der Waals surface area contributed by atoms with Gasteiger partial charge in [-0.3, -0.25) is 9.59 Å². The lowest BCUT2D eigenvalue weighted by atomic mass is 10.1. The van der Waals surface area contributed by atoms with Crippen LogP contribution in [0.5, 0.6) is 0 Å². The van der Waals surface area contributed by atoms with E-state index < -0.39 is 0 Å². The van der Waals surface area contributed by atoms with Gasteiger partial charge in [-0.25, -0.2) is 0 Å². The molecule has 2 unspecified atom stereocenters. The van der Waals surface area contributed by atoms with Crippen molar-refractivity contribution in [2.75, 3.05) is 13.2 Å². The molecule has 0 aromatic carbocycles. The van der Waals surface area contributed by atoms with Crippen LogP contribution in [-0.4, -0.2) is 37.4 Å². The van der Waals surface area contributed by atoms with Gasteiger partial charge in [0.25, 0.3) is 0 Å². The molecular formula is C20H38O5. The molecule has 5 heteroatoms. The van der Waals surface area contributed by atoms with Gasteiger partial charge in [0.2, 0.25) is 0 Å². The van der Waals surface area contributed by atoms with Crippen LogP contribution in [0.25, 0.3) is 0 Å². The van der Waals surface area contributed by atoms with Crippen LogP contribution in [0.2, 0.25) is 0 Å². The Morgan fingerprint density at radius 3 is 1.84 bits per heavy atom. The lowest BCUT2D eigenvalue weighted by Crippen LogP contribution is -2.26. The first-order chi connectivity index (χ1) is 12.0. The molecule has 0 aliphatic rings. The van der Waals surface area contributed by atoms with Crippen molar-refractivity contribution in [3.63, 3.8) is 0 Å². The first kappa shape index (κ1) is 23.9. The van der Waals surface area contributed by atoms with Crippen LogP contribution in [-0.2, 0) is 23.8 Å². The van der Waals surface area contributed by atoms with Gasteiger partial charge in [0.1, 0.15) is 12.7 Å². The van der Waals surface area contributed by atoms with Crippen LogP contribution in [0.3, 0.4) is 0 Å². The highest BCUT2D eigenvalue weighted by Gasteiger charge is 2.13. The van der Waals surface area contributed by atoms with Crippen molar-refractivity contribution in [1.29, 1.82) is 0 Å². The minimum atomic E-state index is -0.286. The van der Waals surface area contributed by atoms with Gasteiger partial charge in [-0.1, -0.05) is 52.4 Å². The number of rotatable bonds is 16. The zero-order valence-corrected chi connectivity index (χ0v) is 16.7. The molecule has 0 aromatic rings. The summed E-state index contributed by atoms with van der Waals surface area (Å²) in [6.07, 6.45) is 8.96. The van der Waals surface area contributed by atoms with Gasteiger partial charge in [-0.2, -0.15) is 0 Å². The Labute approximate surface area is 153 Å². The Morgan fingerprint density at radius 2 is 1.28 bits per heavy atom. The van der Waals surface area contributed by atoms with E-state index in [1.165, 1.54) is 0 Å². The monoisotopic (exact) mass is 358 g/mol. The topological polar surface area (TPSA) is 61.8 Å². The average Bonchev–Trinajstić information content (AvgIpc) is 2.59. The number of esters is 2. The van der Waals surface area contributed by atoms with E-state index in [0.717, 1.165) is 51.4 Å². The van der Waals surface area contributed by atoms with Gasteiger partial charge in [0.05, 0.1) is 12.7 Å². The number of ether oxygens (including phenoxy) is 3. The molecule has 0 saturated carbocycles. The summed E-state index contributed by atoms with van der Waals surface area (Å²) in [5, 5.41) is 0. The standard InChI is InChI=1S/C20H38O5/c1-5-7-9-11-13-19(21)24-15-17(3)23-16-18(4)25-20(22)14-12-10-8-6-2/h17-18H,5-16H2,1-4H3. The number of hydrogen-bond acceptors (Lipinski definition) is 5. The lowest BCUT2D eigenvalue weighted by Gasteiger charge is -2.17. The minimum Gasteiger partial charge on any atom is -0.463 e. The lowest BCUT2D eigenvalue weighted by molar-refractivity contribution is -0.154. The van der Waals surface area contributed by atoms with Crippen molar-refractivity contribution in [3.8, 4) is 0 Å². The van der Waals surface area contributed by atoms with E-state index >= 15 is 0 Å². The van der Waals surface area contributed by atoms with Crippen molar-refractivity contribution >= 4 is 11.9 Å². The average molecular weight is 359 g/mol. The van der Waals surface area contributed by atoms with Crippen LogP contribution < -0.4 is 0 Å². The molecule has 0 fully saturated rings. The SMILES string of the molecule is CCCCCCC(=O)OCC(C)OCC(C)OC(=O)CCCCCC. The van der Waals surface area contributed by atoms with Crippen molar-refractivity contribution in [3.05, 3.63) is 0 Å². The predicted molar refractivity (Wildman–Crippen MR) is 99.4 cm³/mol. The summed E-state index contributed by atoms with van der Waals surface area (Å²) in [7, 11) is 0. The van der Waals surface area contributed by atoms with Crippen molar-refractivity contribution in [2.45, 2.75) is 104 Å². The summed E-state index contributed by atoms with van der Waals surface area (Å²) >= 11 is 0. The van der Waals surface area contributed by atoms with E-state index in [0.29, 0.717) is 19.4 Å². The molecule has 0 amide bonds. The third-order valence-electron chi connectivity index (χ3n) is 3.90. The van der Waals surface area contributed by atoms with Crippen LogP contribution in [0, 0.1) is 0 Å². The number of carbonyl (C=O) groups excluding carboxylic acids is 2. The van der Waals surface area contributed by atoms with Gasteiger partial charge in [0, 0.05) is 12.8 Å². The molecule has 0 heterocycles. The Kier molecular flexibility index (Phi) is 15.7. The third kappa shape index (κ3) is 16.1. The van der Waals surface area contributed by atoms with E-state index in [9.17, 15) is 9.59 Å². The summed E-state index contributed by atoms with van der Waals surface area (Å²) in [4.78, 5) is 23.3. The second kappa shape index (κ2) is 16.4. The van der Waals surface area contributed by atoms with E-state index in [1.54, 1.807) is 0 Å². The highest BCUT2D eigenvalue weighted by molar-refractivity contribution is 5.69. The summed E-state index contributed by atoms with van der Waals surface area (Å²) < 4.78 is 16.1. The zero-order valence-electron chi connectivity index (χ0n) is 16.7. The first-order valence-electron chi connectivity index (χ1n) is 9.96. The van der Waals surface area contributed by atoms with Crippen LogP contribution in [0.15, 0.2) is 0 Å². The van der Waals surface area contributed by atoms with Crippen LogP contribution >= 0.6 is 0 Å². The molecule has 0 N–H and O–H groups in total. The number of unbranched alkanes of at least 4 members (excludes halogenated alkanes) is 6. The van der Waals surface area contributed by atoms with Gasteiger partial charge < -0.3 is 14.2 Å². The van der Waals surface area contributed by atoms with Gasteiger partial charge in [-0.15, -0.1) is 0 Å². The number of hydrogen-bond donors (Lipinski definition) is 0. The zero-order chi connectivity index (χ0) is 18.9. The van der Waals surface area contributed by atoms with E-state index in [-0.39, 0.29) is 30.8 Å². The molecular weight excluding hydrogens is 320 g/mol. The quantitative estimate of drug-likeness (QED) is 0.293. The predicted octanol–water partition coefficient (Wildman–Crippen LogP) is 4.81. The summed E-state index contributed by atoms with van der Waals surface area (Å²) in [6.45, 7) is 8.50. The minimum absolute atomic E-state index is 0.168. The fraction of sp³-hybridized carbons (Fsp3) is 0.900. The normalized spacial score (nSPS) is 13.3. The Morgan fingerprint density at radius 1 is 0.720 bits per heavy atom. The number of carbonyl (C=O) groups is 2. The van der Waals surface area contributed by atoms with Gasteiger partial charge in [-0.05, 0) is 26.7 Å². The van der Waals surface area contributed by atoms with Crippen molar-refractivity contribution in [1.82, 2.24) is 0 Å². The second-order valence-electron chi connectivity index (χ2n) is 6.75. The molecule has 2 atom stereocenters. The van der Waals surface area contributed by atoms with E-state index in [2.05, 4.69) is 13.8 Å². The van der Waals surface area contributed by atoms with Crippen molar-refractivity contribution < 1.29 is 23.8 Å². The van der Waals surface area contributed by atoms with E-state index in [4.69, 9.17) is 14.2 Å². The molecule has 148 valence electrons. The summed E-state index contributed by atoms with van der Waals surface area (Å²) in [5.74, 6) is -0.337. The highest BCUT2D eigenvalue weighted by Crippen LogP contribution is 2.07. The van der Waals surface area contributed by atoms with Crippen LogP contribution in [0.4, 0.5) is 0 Å². The fourth-order valence-corrected chi connectivity index (χ4v) is 2.34. The van der Waals surface area contributed by atoms with Crippen LogP contribution in [0.1, 0.15) is 91.9 Å². The molecule has 0 saturated heterocycles. The maximum Gasteiger partial charge on any atom is 0.306 e. The fourth-order valence-electron chi connectivity index (χ4n) is 2.34. The Hall–Kier alpha value is -1.10. The van der Waals surface area contributed by atoms with Gasteiger partial charge in [0.15, 0.2) is 0 Å². The molecule has 0 aromatic heterocycles. The third-order valence-corrected chi connectivity index (χ3v) is 3.90. The largest absolute Gasteiger partial charge is 0.463 e. The molecule has 0 aliphatic carbocycles. The molecule has 0 aliphatic heterocycles. The highest BCUT2D eigenvalue weighted by atomic mass is 16.6. The molecule has 5 nitrogen and oxygen atoms in total. The summed E-state index contributed by atoms with van der Waals surface area (Å²) in [6, 6.07) is 0. The molecule has 0 bridgehead atoms. The molecule has 0 rings (SSSR count). The smallest absolute Gasteiger partial charge is 0.306 e. The Bertz CT molecular complexity index is 343. The Balaban J connectivity index is 3.67. The summed E-state index contributed by atoms with van der Waals surface area (Å²) in [5.41, 5.74) is 0. The van der Waals surface area contributed by atoms with E-state index in [1.807, 2.05) is 13.8 Å². The first-order valence-corrected chi connectivity index (χ1v) is 9.96. The van der Waals surface area contributed by atoms with Crippen molar-refractivity contribution in [2.24, 2.45) is 0 Å². The second-order valence-corrected chi connectivity index (χ2v) is 6.75. The maximum absolute atomic E-state index is 11.7. The molecule has 25 heavy (non-hydrogen) atoms. The maximum atomic E-state index is 11.7. The molecule has 0 spiro atoms. The molecule has 0 radical (unpaired) electrons.